The van der Waals surface area contributed by atoms with Crippen LogP contribution < -0.4 is 14.5 Å². The standard InChI is InChI=1S/C50H49N4O.Pt/c1-32-22-33(2)24-38(23-32)52-30-46(48-34(3)14-13-15-35(48)4)53(31-52)39-25-37(50(8,9)10)26-41(28-39)55-40-18-19-43-42-16-11-12-17-44(42)54(45(43)29-40)47-27-36(20-21-51-47)49(5,6)7;/h11-27,30-31H,1-10H3;/q-3;. The Bertz CT molecular complexity index is 2600. The monoisotopic (exact) mass is 916 g/mol. The SMILES string of the molecule is Cc1cc(C)cc(N2C=C(c3c(C)cccc3C)N(c3[c-]c(Oc4[c-]c5c(cc4)c4ccccc4n5-c4cc(C(C)(C)C)ccn4)cc(C(C)(C)C)c3)[CH-]2)c1.[Pt]. The molecule has 288 valence electrons. The Labute approximate surface area is 346 Å². The number of aryl methyl sites for hydroxylation is 4. The number of nitrogens with zero attached hydrogens (tertiary/aromatic N) is 4. The fourth-order valence-corrected chi connectivity index (χ4v) is 7.69. The molecule has 0 unspecified atom stereocenters. The Morgan fingerprint density at radius 1 is 0.661 bits per heavy atom. The van der Waals surface area contributed by atoms with Crippen LogP contribution in [0.15, 0.2) is 109 Å². The largest absolute Gasteiger partial charge is 0.509 e. The molecule has 5 aromatic carbocycles. The molecule has 0 N–H and O–H groups in total. The smallest absolute Gasteiger partial charge is 0.135 e. The number of benzene rings is 5. The third kappa shape index (κ3) is 7.42. The molecule has 6 heteroatoms. The van der Waals surface area contributed by atoms with E-state index in [0.717, 1.165) is 50.3 Å². The molecule has 0 aliphatic carbocycles. The number of hydrogen-bond donors (Lipinski definition) is 0. The van der Waals surface area contributed by atoms with Crippen molar-refractivity contribution in [1.82, 2.24) is 9.55 Å². The summed E-state index contributed by atoms with van der Waals surface area (Å²) in [4.78, 5) is 9.35. The molecule has 0 amide bonds. The zero-order valence-electron chi connectivity index (χ0n) is 34.0. The van der Waals surface area contributed by atoms with Gasteiger partial charge in [-0.25, -0.2) is 4.98 Å². The van der Waals surface area contributed by atoms with Crippen LogP contribution in [0, 0.1) is 46.5 Å². The molecule has 0 radical (unpaired) electrons. The summed E-state index contributed by atoms with van der Waals surface area (Å²) in [7, 11) is 0. The van der Waals surface area contributed by atoms with Crippen molar-refractivity contribution in [2.45, 2.75) is 80.1 Å². The maximum atomic E-state index is 6.80. The first-order valence-corrected chi connectivity index (χ1v) is 19.1. The van der Waals surface area contributed by atoms with Crippen LogP contribution in [0.4, 0.5) is 11.4 Å². The molecule has 0 atom stereocenters. The van der Waals surface area contributed by atoms with Gasteiger partial charge >= 0.3 is 0 Å². The molecule has 5 nitrogen and oxygen atoms in total. The predicted octanol–water partition coefficient (Wildman–Crippen LogP) is 12.8. The summed E-state index contributed by atoms with van der Waals surface area (Å²) < 4.78 is 9.00. The number of hydrogen-bond acceptors (Lipinski definition) is 4. The van der Waals surface area contributed by atoms with Gasteiger partial charge in [-0.05, 0) is 108 Å². The number of para-hydroxylation sites is 1. The number of pyridine rings is 1. The molecule has 0 spiro atoms. The molecule has 1 aliphatic heterocycles. The van der Waals surface area contributed by atoms with E-state index in [0.29, 0.717) is 11.5 Å². The van der Waals surface area contributed by atoms with Crippen LogP contribution in [0.3, 0.4) is 0 Å². The third-order valence-corrected chi connectivity index (χ3v) is 10.6. The van der Waals surface area contributed by atoms with Crippen molar-refractivity contribution in [3.05, 3.63) is 167 Å². The zero-order valence-corrected chi connectivity index (χ0v) is 36.3. The first-order chi connectivity index (χ1) is 26.1. The van der Waals surface area contributed by atoms with Gasteiger partial charge in [0.05, 0.1) is 0 Å². The fourth-order valence-electron chi connectivity index (χ4n) is 7.69. The van der Waals surface area contributed by atoms with E-state index < -0.39 is 0 Å². The number of aromatic nitrogens is 2. The van der Waals surface area contributed by atoms with Crippen LogP contribution in [0.2, 0.25) is 0 Å². The van der Waals surface area contributed by atoms with Crippen molar-refractivity contribution in [3.8, 4) is 17.3 Å². The molecule has 7 aromatic rings. The summed E-state index contributed by atoms with van der Waals surface area (Å²) in [5.74, 6) is 2.11. The second kappa shape index (κ2) is 14.8. The summed E-state index contributed by atoms with van der Waals surface area (Å²) in [6, 6.07) is 41.8. The molecule has 1 aliphatic rings. The van der Waals surface area contributed by atoms with Crippen LogP contribution >= 0.6 is 0 Å². The summed E-state index contributed by atoms with van der Waals surface area (Å²) in [5.41, 5.74) is 13.4. The molecule has 0 fully saturated rings. The van der Waals surface area contributed by atoms with Gasteiger partial charge in [-0.15, -0.1) is 53.6 Å². The van der Waals surface area contributed by atoms with Crippen LogP contribution in [-0.4, -0.2) is 9.55 Å². The Morgan fingerprint density at radius 3 is 2.05 bits per heavy atom. The summed E-state index contributed by atoms with van der Waals surface area (Å²) in [6.45, 7) is 24.3. The average molecular weight is 917 g/mol. The maximum Gasteiger partial charge on any atom is 0.135 e. The van der Waals surface area contributed by atoms with E-state index in [2.05, 4.69) is 200 Å². The number of rotatable bonds is 6. The molecule has 2 aromatic heterocycles. The normalized spacial score (nSPS) is 13.4. The minimum Gasteiger partial charge on any atom is -0.509 e. The summed E-state index contributed by atoms with van der Waals surface area (Å²) in [5, 5.41) is 2.25. The van der Waals surface area contributed by atoms with Gasteiger partial charge < -0.3 is 19.1 Å². The van der Waals surface area contributed by atoms with E-state index in [-0.39, 0.29) is 31.9 Å². The van der Waals surface area contributed by atoms with Crippen LogP contribution in [0.1, 0.15) is 80.5 Å². The second-order valence-electron chi connectivity index (χ2n) is 17.1. The van der Waals surface area contributed by atoms with E-state index in [1.54, 1.807) is 0 Å². The minimum atomic E-state index is -0.151. The quantitative estimate of drug-likeness (QED) is 0.156. The van der Waals surface area contributed by atoms with Crippen molar-refractivity contribution in [1.29, 1.82) is 0 Å². The Hall–Kier alpha value is -5.12. The Balaban J connectivity index is 0.00000480. The van der Waals surface area contributed by atoms with E-state index in [1.807, 2.05) is 12.3 Å². The zero-order chi connectivity index (χ0) is 38.8. The van der Waals surface area contributed by atoms with Gasteiger partial charge in [-0.2, -0.15) is 6.07 Å². The number of anilines is 2. The third-order valence-electron chi connectivity index (χ3n) is 10.6. The van der Waals surface area contributed by atoms with Gasteiger partial charge in [0.2, 0.25) is 0 Å². The van der Waals surface area contributed by atoms with Gasteiger partial charge in [-0.3, -0.25) is 0 Å². The first kappa shape index (κ1) is 39.1. The van der Waals surface area contributed by atoms with Crippen LogP contribution in [0.25, 0.3) is 33.3 Å². The van der Waals surface area contributed by atoms with Crippen LogP contribution in [-0.2, 0) is 31.9 Å². The summed E-state index contributed by atoms with van der Waals surface area (Å²) in [6.07, 6.45) is 4.15. The molecule has 8 rings (SSSR count). The number of fused-ring (bicyclic) bond motifs is 3. The van der Waals surface area contributed by atoms with Crippen molar-refractivity contribution >= 4 is 38.9 Å². The summed E-state index contributed by atoms with van der Waals surface area (Å²) >= 11 is 0. The molecule has 0 saturated heterocycles. The second-order valence-corrected chi connectivity index (χ2v) is 17.1. The fraction of sp³-hybridized carbons (Fsp3) is 0.240. The van der Waals surface area contributed by atoms with Gasteiger partial charge in [0.1, 0.15) is 5.82 Å². The van der Waals surface area contributed by atoms with Gasteiger partial charge in [0.25, 0.3) is 0 Å². The van der Waals surface area contributed by atoms with E-state index in [9.17, 15) is 0 Å². The van der Waals surface area contributed by atoms with Crippen molar-refractivity contribution in [2.75, 3.05) is 9.80 Å². The van der Waals surface area contributed by atoms with E-state index in [1.165, 1.54) is 33.4 Å². The molecule has 3 heterocycles. The molecule has 0 bridgehead atoms. The van der Waals surface area contributed by atoms with Crippen molar-refractivity contribution in [2.24, 2.45) is 0 Å². The van der Waals surface area contributed by atoms with E-state index in [4.69, 9.17) is 9.72 Å². The van der Waals surface area contributed by atoms with Gasteiger partial charge in [0.15, 0.2) is 0 Å². The van der Waals surface area contributed by atoms with Gasteiger partial charge in [0, 0.05) is 61.2 Å². The van der Waals surface area contributed by atoms with Crippen molar-refractivity contribution in [3.63, 3.8) is 0 Å². The predicted molar refractivity (Wildman–Crippen MR) is 229 cm³/mol. The Morgan fingerprint density at radius 2 is 1.36 bits per heavy atom. The topological polar surface area (TPSA) is 33.5 Å². The maximum absolute atomic E-state index is 6.80. The molecule has 0 saturated carbocycles. The molecule has 56 heavy (non-hydrogen) atoms. The molecular weight excluding hydrogens is 868 g/mol. The minimum absolute atomic E-state index is 0. The molecular formula is C50H49N4OPt-3. The Kier molecular flexibility index (Phi) is 10.3. The van der Waals surface area contributed by atoms with E-state index >= 15 is 0 Å². The van der Waals surface area contributed by atoms with Gasteiger partial charge in [-0.1, -0.05) is 89.5 Å². The van der Waals surface area contributed by atoms with Crippen molar-refractivity contribution < 1.29 is 25.8 Å². The average Bonchev–Trinajstić information content (AvgIpc) is 3.70. The first-order valence-electron chi connectivity index (χ1n) is 19.1. The van der Waals surface area contributed by atoms with Crippen LogP contribution in [0.5, 0.6) is 11.5 Å². The number of ether oxygens (including phenoxy) is 1.